The van der Waals surface area contributed by atoms with E-state index >= 15 is 0 Å². The van der Waals surface area contributed by atoms with E-state index in [0.717, 1.165) is 33.8 Å². The van der Waals surface area contributed by atoms with E-state index < -0.39 is 0 Å². The Balaban J connectivity index is 2.04. The van der Waals surface area contributed by atoms with Crippen molar-refractivity contribution < 1.29 is 14.3 Å². The summed E-state index contributed by atoms with van der Waals surface area (Å²) in [6, 6.07) is 15.5. The largest absolute Gasteiger partial charge is 0.497 e. The Morgan fingerprint density at radius 2 is 1.82 bits per heavy atom. The lowest BCUT2D eigenvalue weighted by Crippen LogP contribution is -2.29. The number of rotatable bonds is 7. The molecule has 0 saturated carbocycles. The molecule has 0 aliphatic carbocycles. The number of ether oxygens (including phenoxy) is 2. The zero-order valence-corrected chi connectivity index (χ0v) is 16.7. The standard InChI is InChI=1S/C22H25N3O3/c1-15-5-10-20(16(2)13-15)25-21(22(26)23-11-12-27-3)14-19(24-25)17-6-8-18(28-4)9-7-17/h5-10,13-14H,11-12H2,1-4H3,(H,23,26). The molecule has 28 heavy (non-hydrogen) atoms. The van der Waals surface area contributed by atoms with Gasteiger partial charge in [0.25, 0.3) is 5.91 Å². The average molecular weight is 379 g/mol. The fraction of sp³-hybridized carbons (Fsp3) is 0.273. The molecule has 0 fully saturated rings. The number of benzene rings is 2. The maximum atomic E-state index is 12.8. The predicted molar refractivity (Wildman–Crippen MR) is 109 cm³/mol. The number of amides is 1. The first kappa shape index (κ1) is 19.6. The fourth-order valence-corrected chi connectivity index (χ4v) is 3.03. The molecule has 1 amide bonds. The second-order valence-corrected chi connectivity index (χ2v) is 6.59. The van der Waals surface area contributed by atoms with Gasteiger partial charge >= 0.3 is 0 Å². The number of hydrogen-bond acceptors (Lipinski definition) is 4. The summed E-state index contributed by atoms with van der Waals surface area (Å²) >= 11 is 0. The Bertz CT molecular complexity index is 962. The SMILES string of the molecule is COCCNC(=O)c1cc(-c2ccc(OC)cc2)nn1-c1ccc(C)cc1C. The van der Waals surface area contributed by atoms with Crippen molar-refractivity contribution in [1.29, 1.82) is 0 Å². The van der Waals surface area contributed by atoms with Gasteiger partial charge in [-0.3, -0.25) is 4.79 Å². The molecule has 0 spiro atoms. The molecular formula is C22H25N3O3. The van der Waals surface area contributed by atoms with Crippen LogP contribution in [0.25, 0.3) is 16.9 Å². The van der Waals surface area contributed by atoms with E-state index in [1.165, 1.54) is 0 Å². The van der Waals surface area contributed by atoms with E-state index in [9.17, 15) is 4.79 Å². The van der Waals surface area contributed by atoms with Crippen LogP contribution < -0.4 is 10.1 Å². The highest BCUT2D eigenvalue weighted by atomic mass is 16.5. The monoisotopic (exact) mass is 379 g/mol. The van der Waals surface area contributed by atoms with Crippen LogP contribution in [0.15, 0.2) is 48.5 Å². The molecule has 0 aliphatic rings. The smallest absolute Gasteiger partial charge is 0.270 e. The number of nitrogens with zero attached hydrogens (tertiary/aromatic N) is 2. The molecule has 0 radical (unpaired) electrons. The summed E-state index contributed by atoms with van der Waals surface area (Å²) in [6.07, 6.45) is 0. The number of hydrogen-bond donors (Lipinski definition) is 1. The van der Waals surface area contributed by atoms with Crippen molar-refractivity contribution >= 4 is 5.91 Å². The van der Waals surface area contributed by atoms with Crippen LogP contribution in [-0.2, 0) is 4.74 Å². The van der Waals surface area contributed by atoms with Crippen LogP contribution in [0.5, 0.6) is 5.75 Å². The Labute approximate surface area is 165 Å². The van der Waals surface area contributed by atoms with Crippen LogP contribution in [-0.4, -0.2) is 43.1 Å². The van der Waals surface area contributed by atoms with Gasteiger partial charge in [-0.2, -0.15) is 5.10 Å². The van der Waals surface area contributed by atoms with Crippen LogP contribution in [0, 0.1) is 13.8 Å². The highest BCUT2D eigenvalue weighted by molar-refractivity contribution is 5.94. The normalized spacial score (nSPS) is 10.7. The van der Waals surface area contributed by atoms with Crippen molar-refractivity contribution in [2.75, 3.05) is 27.4 Å². The second kappa shape index (κ2) is 8.71. The minimum Gasteiger partial charge on any atom is -0.497 e. The maximum Gasteiger partial charge on any atom is 0.270 e. The summed E-state index contributed by atoms with van der Waals surface area (Å²) in [4.78, 5) is 12.8. The van der Waals surface area contributed by atoms with E-state index in [2.05, 4.69) is 11.4 Å². The highest BCUT2D eigenvalue weighted by Gasteiger charge is 2.18. The number of nitrogens with one attached hydrogen (secondary N) is 1. The summed E-state index contributed by atoms with van der Waals surface area (Å²) in [7, 11) is 3.24. The Hall–Kier alpha value is -3.12. The number of aromatic nitrogens is 2. The third-order valence-electron chi connectivity index (χ3n) is 4.50. The molecular weight excluding hydrogens is 354 g/mol. The molecule has 146 valence electrons. The van der Waals surface area contributed by atoms with E-state index in [1.54, 1.807) is 18.9 Å². The molecule has 0 saturated heterocycles. The molecule has 0 atom stereocenters. The first-order valence-electron chi connectivity index (χ1n) is 9.12. The van der Waals surface area contributed by atoms with Crippen molar-refractivity contribution in [2.24, 2.45) is 0 Å². The summed E-state index contributed by atoms with van der Waals surface area (Å²) in [5.41, 5.74) is 5.20. The van der Waals surface area contributed by atoms with Gasteiger partial charge in [0.1, 0.15) is 11.4 Å². The van der Waals surface area contributed by atoms with Crippen LogP contribution in [0.3, 0.4) is 0 Å². The first-order chi connectivity index (χ1) is 13.5. The van der Waals surface area contributed by atoms with Gasteiger partial charge in [0.05, 0.1) is 25.1 Å². The van der Waals surface area contributed by atoms with E-state index in [1.807, 2.05) is 56.3 Å². The van der Waals surface area contributed by atoms with Crippen molar-refractivity contribution in [3.8, 4) is 22.7 Å². The minimum absolute atomic E-state index is 0.190. The molecule has 0 aliphatic heterocycles. The number of carbonyl (C=O) groups excluding carboxylic acids is 1. The van der Waals surface area contributed by atoms with Crippen molar-refractivity contribution in [3.05, 3.63) is 65.4 Å². The number of aryl methyl sites for hydroxylation is 2. The molecule has 0 unspecified atom stereocenters. The second-order valence-electron chi connectivity index (χ2n) is 6.59. The molecule has 3 rings (SSSR count). The van der Waals surface area contributed by atoms with Gasteiger partial charge in [-0.25, -0.2) is 4.68 Å². The summed E-state index contributed by atoms with van der Waals surface area (Å²) in [5.74, 6) is 0.583. The fourth-order valence-electron chi connectivity index (χ4n) is 3.03. The van der Waals surface area contributed by atoms with Gasteiger partial charge in [-0.1, -0.05) is 17.7 Å². The molecule has 1 heterocycles. The summed E-state index contributed by atoms with van der Waals surface area (Å²) < 4.78 is 11.9. The molecule has 2 aromatic carbocycles. The lowest BCUT2D eigenvalue weighted by atomic mass is 10.1. The van der Waals surface area contributed by atoms with Gasteiger partial charge in [0.15, 0.2) is 0 Å². The third kappa shape index (κ3) is 4.23. The lowest BCUT2D eigenvalue weighted by Gasteiger charge is -2.11. The minimum atomic E-state index is -0.190. The zero-order valence-electron chi connectivity index (χ0n) is 16.7. The quantitative estimate of drug-likeness (QED) is 0.638. The highest BCUT2D eigenvalue weighted by Crippen LogP contribution is 2.25. The van der Waals surface area contributed by atoms with Crippen LogP contribution in [0.1, 0.15) is 21.6 Å². The topological polar surface area (TPSA) is 65.4 Å². The Morgan fingerprint density at radius 3 is 2.46 bits per heavy atom. The van der Waals surface area contributed by atoms with Gasteiger partial charge in [0, 0.05) is 19.2 Å². The van der Waals surface area contributed by atoms with Gasteiger partial charge in [-0.05, 0) is 55.8 Å². The molecule has 1 aromatic heterocycles. The predicted octanol–water partition coefficient (Wildman–Crippen LogP) is 3.54. The lowest BCUT2D eigenvalue weighted by molar-refractivity contribution is 0.0929. The van der Waals surface area contributed by atoms with E-state index in [0.29, 0.717) is 18.8 Å². The van der Waals surface area contributed by atoms with Crippen molar-refractivity contribution in [1.82, 2.24) is 15.1 Å². The molecule has 3 aromatic rings. The van der Waals surface area contributed by atoms with E-state index in [4.69, 9.17) is 14.6 Å². The first-order valence-corrected chi connectivity index (χ1v) is 9.12. The molecule has 0 bridgehead atoms. The summed E-state index contributed by atoms with van der Waals surface area (Å²) in [5, 5.41) is 7.61. The van der Waals surface area contributed by atoms with E-state index in [-0.39, 0.29) is 5.91 Å². The third-order valence-corrected chi connectivity index (χ3v) is 4.50. The number of carbonyl (C=O) groups is 1. The van der Waals surface area contributed by atoms with Gasteiger partial charge in [-0.15, -0.1) is 0 Å². The van der Waals surface area contributed by atoms with Crippen LogP contribution in [0.4, 0.5) is 0 Å². The summed E-state index contributed by atoms with van der Waals surface area (Å²) in [6.45, 7) is 4.95. The van der Waals surface area contributed by atoms with Crippen LogP contribution in [0.2, 0.25) is 0 Å². The maximum absolute atomic E-state index is 12.8. The molecule has 6 nitrogen and oxygen atoms in total. The Kier molecular flexibility index (Phi) is 6.11. The van der Waals surface area contributed by atoms with Gasteiger partial charge in [0.2, 0.25) is 0 Å². The molecule has 1 N–H and O–H groups in total. The van der Waals surface area contributed by atoms with Gasteiger partial charge < -0.3 is 14.8 Å². The zero-order chi connectivity index (χ0) is 20.1. The number of methoxy groups -OCH3 is 2. The van der Waals surface area contributed by atoms with Crippen molar-refractivity contribution in [3.63, 3.8) is 0 Å². The Morgan fingerprint density at radius 1 is 1.07 bits per heavy atom. The average Bonchev–Trinajstić information content (AvgIpc) is 3.13. The molecule has 6 heteroatoms. The van der Waals surface area contributed by atoms with Crippen LogP contribution >= 0.6 is 0 Å². The van der Waals surface area contributed by atoms with Crippen molar-refractivity contribution in [2.45, 2.75) is 13.8 Å².